The summed E-state index contributed by atoms with van der Waals surface area (Å²) in [4.78, 5) is 0. The highest BCUT2D eigenvalue weighted by Gasteiger charge is 2.14. The van der Waals surface area contributed by atoms with Gasteiger partial charge in [0.05, 0.1) is 16.6 Å². The van der Waals surface area contributed by atoms with Gasteiger partial charge < -0.3 is 0 Å². The average Bonchev–Trinajstić information content (AvgIpc) is 2.57. The number of thioether (sulfide) groups is 1. The molecule has 2 nitrogen and oxygen atoms in total. The summed E-state index contributed by atoms with van der Waals surface area (Å²) in [6, 6.07) is 4.59. The van der Waals surface area contributed by atoms with E-state index < -0.39 is 5.82 Å². The van der Waals surface area contributed by atoms with E-state index in [4.69, 9.17) is 17.4 Å². The average molecular weight is 231 g/mol. The largest absolute Gasteiger partial charge is 0.300 e. The Labute approximate surface area is 90.5 Å². The fraction of sp³-hybridized carbons (Fsp3) is 0.111. The van der Waals surface area contributed by atoms with Gasteiger partial charge in [0, 0.05) is 5.56 Å². The van der Waals surface area contributed by atoms with E-state index in [2.05, 4.69) is 0 Å². The maximum absolute atomic E-state index is 12.9. The number of benzene rings is 1. The Morgan fingerprint density at radius 2 is 2.29 bits per heavy atom. The molecule has 1 aliphatic rings. The Morgan fingerprint density at radius 1 is 1.50 bits per heavy atom. The second-order valence-corrected chi connectivity index (χ2v) is 4.13. The maximum atomic E-state index is 12.9. The van der Waals surface area contributed by atoms with E-state index in [1.807, 2.05) is 5.41 Å². The number of rotatable bonds is 1. The zero-order chi connectivity index (χ0) is 10.1. The summed E-state index contributed by atoms with van der Waals surface area (Å²) in [6.45, 7) is 0. The van der Waals surface area contributed by atoms with Crippen LogP contribution < -0.4 is 5.84 Å². The minimum absolute atomic E-state index is 0.119. The van der Waals surface area contributed by atoms with E-state index in [1.165, 1.54) is 6.07 Å². The van der Waals surface area contributed by atoms with Crippen molar-refractivity contribution in [3.8, 4) is 0 Å². The molecule has 1 heterocycles. The second kappa shape index (κ2) is 3.81. The lowest BCUT2D eigenvalue weighted by molar-refractivity contribution is 0.499. The van der Waals surface area contributed by atoms with E-state index in [0.717, 1.165) is 11.3 Å². The molecule has 0 amide bonds. The van der Waals surface area contributed by atoms with Crippen molar-refractivity contribution in [2.24, 2.45) is 5.84 Å². The molecule has 2 rings (SSSR count). The third kappa shape index (κ3) is 1.73. The van der Waals surface area contributed by atoms with Crippen molar-refractivity contribution in [1.29, 1.82) is 0 Å². The molecule has 1 aliphatic heterocycles. The topological polar surface area (TPSA) is 29.3 Å². The van der Waals surface area contributed by atoms with Crippen LogP contribution in [-0.4, -0.2) is 10.9 Å². The number of nitrogens with zero attached hydrogens (tertiary/aromatic N) is 1. The SMILES string of the molecule is NN1CSC=C1c1ccc(F)c(Cl)c1. The molecule has 0 fully saturated rings. The van der Waals surface area contributed by atoms with Crippen LogP contribution in [0.2, 0.25) is 5.02 Å². The zero-order valence-electron chi connectivity index (χ0n) is 7.21. The molecule has 1 aromatic carbocycles. The van der Waals surface area contributed by atoms with Crippen LogP contribution in [0.3, 0.4) is 0 Å². The normalized spacial score (nSPS) is 15.9. The molecule has 5 heteroatoms. The van der Waals surface area contributed by atoms with Gasteiger partial charge in [-0.25, -0.2) is 10.2 Å². The number of hydrogen-bond acceptors (Lipinski definition) is 3. The standard InChI is InChI=1S/C9H8ClFN2S/c10-7-3-6(1-2-8(7)11)9-4-14-5-13(9)12/h1-4H,5,12H2. The Kier molecular flexibility index (Phi) is 2.67. The van der Waals surface area contributed by atoms with Crippen molar-refractivity contribution in [3.63, 3.8) is 0 Å². The molecule has 0 unspecified atom stereocenters. The predicted molar refractivity (Wildman–Crippen MR) is 57.9 cm³/mol. The Balaban J connectivity index is 2.37. The Hall–Kier alpha value is -0.710. The highest BCUT2D eigenvalue weighted by atomic mass is 35.5. The van der Waals surface area contributed by atoms with Gasteiger partial charge in [0.25, 0.3) is 0 Å². The van der Waals surface area contributed by atoms with Crippen molar-refractivity contribution in [3.05, 3.63) is 40.0 Å². The van der Waals surface area contributed by atoms with Crippen molar-refractivity contribution >= 4 is 29.1 Å². The van der Waals surface area contributed by atoms with Crippen molar-refractivity contribution in [2.45, 2.75) is 0 Å². The minimum Gasteiger partial charge on any atom is -0.300 e. The molecule has 0 bridgehead atoms. The number of nitrogens with two attached hydrogens (primary N) is 1. The summed E-state index contributed by atoms with van der Waals surface area (Å²) in [6.07, 6.45) is 0. The second-order valence-electron chi connectivity index (χ2n) is 2.90. The van der Waals surface area contributed by atoms with Crippen LogP contribution in [0.1, 0.15) is 5.56 Å². The summed E-state index contributed by atoms with van der Waals surface area (Å²) in [7, 11) is 0. The van der Waals surface area contributed by atoms with Gasteiger partial charge in [0.1, 0.15) is 5.82 Å². The third-order valence-corrected chi connectivity index (χ3v) is 3.04. The fourth-order valence-corrected chi connectivity index (χ4v) is 2.21. The molecule has 0 atom stereocenters. The highest BCUT2D eigenvalue weighted by molar-refractivity contribution is 8.02. The Bertz CT molecular complexity index is 394. The molecule has 1 aromatic rings. The van der Waals surface area contributed by atoms with Crippen LogP contribution in [0.5, 0.6) is 0 Å². The molecule has 14 heavy (non-hydrogen) atoms. The molecule has 0 saturated carbocycles. The van der Waals surface area contributed by atoms with E-state index in [-0.39, 0.29) is 5.02 Å². The van der Waals surface area contributed by atoms with Gasteiger partial charge in [-0.2, -0.15) is 0 Å². The monoisotopic (exact) mass is 230 g/mol. The first-order chi connectivity index (χ1) is 6.68. The van der Waals surface area contributed by atoms with Crippen molar-refractivity contribution in [2.75, 3.05) is 5.88 Å². The van der Waals surface area contributed by atoms with E-state index >= 15 is 0 Å². The summed E-state index contributed by atoms with van der Waals surface area (Å²) in [5, 5.41) is 3.66. The molecular formula is C9H8ClFN2S. The molecule has 0 aromatic heterocycles. The number of halogens is 2. The van der Waals surface area contributed by atoms with Gasteiger partial charge in [0.2, 0.25) is 0 Å². The van der Waals surface area contributed by atoms with E-state index in [9.17, 15) is 4.39 Å². The minimum atomic E-state index is -0.412. The van der Waals surface area contributed by atoms with E-state index in [1.54, 1.807) is 28.9 Å². The van der Waals surface area contributed by atoms with Crippen molar-refractivity contribution < 1.29 is 4.39 Å². The van der Waals surface area contributed by atoms with Crippen molar-refractivity contribution in [1.82, 2.24) is 5.01 Å². The lowest BCUT2D eigenvalue weighted by Crippen LogP contribution is -2.25. The number of hydrazine groups is 1. The smallest absolute Gasteiger partial charge is 0.141 e. The third-order valence-electron chi connectivity index (χ3n) is 1.93. The summed E-state index contributed by atoms with van der Waals surface area (Å²) in [5.41, 5.74) is 1.71. The summed E-state index contributed by atoms with van der Waals surface area (Å²) in [5.74, 6) is 6.01. The molecule has 0 saturated heterocycles. The first kappa shape index (κ1) is 9.83. The van der Waals surface area contributed by atoms with Gasteiger partial charge in [0.15, 0.2) is 0 Å². The molecule has 0 aliphatic carbocycles. The predicted octanol–water partition coefficient (Wildman–Crippen LogP) is 2.66. The van der Waals surface area contributed by atoms with Crippen LogP contribution in [0.4, 0.5) is 4.39 Å². The van der Waals surface area contributed by atoms with Crippen LogP contribution in [0, 0.1) is 5.82 Å². The molecular weight excluding hydrogens is 223 g/mol. The maximum Gasteiger partial charge on any atom is 0.141 e. The van der Waals surface area contributed by atoms with Gasteiger partial charge >= 0.3 is 0 Å². The lowest BCUT2D eigenvalue weighted by Gasteiger charge is -2.14. The number of hydrogen-bond donors (Lipinski definition) is 1. The molecule has 74 valence electrons. The van der Waals surface area contributed by atoms with Crippen LogP contribution in [0.15, 0.2) is 23.6 Å². The summed E-state index contributed by atoms with van der Waals surface area (Å²) < 4.78 is 12.9. The first-order valence-corrected chi connectivity index (χ1v) is 5.40. The van der Waals surface area contributed by atoms with Crippen LogP contribution in [-0.2, 0) is 0 Å². The molecule has 0 radical (unpaired) electrons. The van der Waals surface area contributed by atoms with Gasteiger partial charge in [-0.1, -0.05) is 11.6 Å². The van der Waals surface area contributed by atoms with Crippen LogP contribution >= 0.6 is 23.4 Å². The first-order valence-electron chi connectivity index (χ1n) is 3.98. The van der Waals surface area contributed by atoms with Crippen LogP contribution in [0.25, 0.3) is 5.70 Å². The van der Waals surface area contributed by atoms with Gasteiger partial charge in [-0.05, 0) is 23.6 Å². The molecule has 0 spiro atoms. The lowest BCUT2D eigenvalue weighted by atomic mass is 10.2. The molecule has 2 N–H and O–H groups in total. The Morgan fingerprint density at radius 3 is 2.86 bits per heavy atom. The van der Waals surface area contributed by atoms with Gasteiger partial charge in [-0.3, -0.25) is 5.01 Å². The fourth-order valence-electron chi connectivity index (χ4n) is 1.22. The summed E-state index contributed by atoms with van der Waals surface area (Å²) >= 11 is 7.27. The highest BCUT2D eigenvalue weighted by Crippen LogP contribution is 2.30. The quantitative estimate of drug-likeness (QED) is 0.753. The zero-order valence-corrected chi connectivity index (χ0v) is 8.78. The van der Waals surface area contributed by atoms with Gasteiger partial charge in [-0.15, -0.1) is 11.8 Å². The van der Waals surface area contributed by atoms with E-state index in [0.29, 0.717) is 5.88 Å².